The van der Waals surface area contributed by atoms with E-state index >= 15 is 0 Å². The lowest BCUT2D eigenvalue weighted by atomic mass is 10.2. The van der Waals surface area contributed by atoms with E-state index in [4.69, 9.17) is 11.5 Å². The number of methoxy groups -OCH3 is 2. The summed E-state index contributed by atoms with van der Waals surface area (Å²) in [5.41, 5.74) is 11.3. The van der Waals surface area contributed by atoms with E-state index in [1.165, 1.54) is 25.6 Å². The van der Waals surface area contributed by atoms with Crippen molar-refractivity contribution in [3.8, 4) is 0 Å². The van der Waals surface area contributed by atoms with Crippen molar-refractivity contribution in [1.82, 2.24) is 0 Å². The zero-order chi connectivity index (χ0) is 14.4. The van der Waals surface area contributed by atoms with Gasteiger partial charge in [-0.15, -0.1) is 11.3 Å². The second-order valence-electron chi connectivity index (χ2n) is 4.04. The second-order valence-corrected chi connectivity index (χ2v) is 5.29. The number of thiophene rings is 1. The van der Waals surface area contributed by atoms with Gasteiger partial charge < -0.3 is 20.9 Å². The van der Waals surface area contributed by atoms with Crippen LogP contribution >= 0.6 is 11.3 Å². The summed E-state index contributed by atoms with van der Waals surface area (Å²) in [7, 11) is 2.61. The maximum absolute atomic E-state index is 11.2. The van der Waals surface area contributed by atoms with Crippen molar-refractivity contribution < 1.29 is 19.1 Å². The molecule has 0 radical (unpaired) electrons. The number of nitrogens with two attached hydrogens (primary N) is 2. The first-order valence-electron chi connectivity index (χ1n) is 5.72. The Bertz CT molecular complexity index is 408. The molecule has 0 aliphatic heterocycles. The molecule has 7 heteroatoms. The molecule has 0 aromatic carbocycles. The molecule has 1 rings (SSSR count). The van der Waals surface area contributed by atoms with Gasteiger partial charge in [0.25, 0.3) is 0 Å². The summed E-state index contributed by atoms with van der Waals surface area (Å²) in [4.78, 5) is 24.3. The number of carbonyl (C=O) groups is 2. The Morgan fingerprint density at radius 2 is 1.42 bits per heavy atom. The minimum atomic E-state index is -0.675. The van der Waals surface area contributed by atoms with Crippen molar-refractivity contribution in [3.63, 3.8) is 0 Å². The van der Waals surface area contributed by atoms with E-state index < -0.39 is 24.0 Å². The minimum Gasteiger partial charge on any atom is -0.468 e. The fraction of sp³-hybridized carbons (Fsp3) is 0.500. The molecule has 0 amide bonds. The normalized spacial score (nSPS) is 13.7. The van der Waals surface area contributed by atoms with Gasteiger partial charge in [-0.1, -0.05) is 0 Å². The van der Waals surface area contributed by atoms with E-state index in [1.54, 1.807) is 0 Å². The summed E-state index contributed by atoms with van der Waals surface area (Å²) in [5.74, 6) is -0.887. The molecule has 0 saturated carbocycles. The van der Waals surface area contributed by atoms with Gasteiger partial charge in [0.15, 0.2) is 0 Å². The Morgan fingerprint density at radius 3 is 1.74 bits per heavy atom. The summed E-state index contributed by atoms with van der Waals surface area (Å²) in [6, 6.07) is 2.39. The van der Waals surface area contributed by atoms with Crippen LogP contribution in [0.3, 0.4) is 0 Å². The van der Waals surface area contributed by atoms with Crippen molar-refractivity contribution in [2.24, 2.45) is 11.5 Å². The largest absolute Gasteiger partial charge is 0.468 e. The lowest BCUT2D eigenvalue weighted by Crippen LogP contribution is -2.33. The van der Waals surface area contributed by atoms with Gasteiger partial charge in [0.2, 0.25) is 0 Å². The highest BCUT2D eigenvalue weighted by Crippen LogP contribution is 2.19. The topological polar surface area (TPSA) is 105 Å². The van der Waals surface area contributed by atoms with Crippen molar-refractivity contribution in [3.05, 3.63) is 21.9 Å². The molecule has 0 aliphatic carbocycles. The van der Waals surface area contributed by atoms with Crippen LogP contribution in [-0.4, -0.2) is 38.2 Å². The molecule has 0 unspecified atom stereocenters. The number of rotatable bonds is 6. The molecular weight excluding hydrogens is 268 g/mol. The fourth-order valence-corrected chi connectivity index (χ4v) is 2.68. The summed E-state index contributed by atoms with van der Waals surface area (Å²) in [6.45, 7) is 0. The first-order chi connectivity index (χ1) is 8.97. The first kappa shape index (κ1) is 15.6. The smallest absolute Gasteiger partial charge is 0.323 e. The molecule has 1 aromatic heterocycles. The average molecular weight is 286 g/mol. The van der Waals surface area contributed by atoms with Gasteiger partial charge in [-0.25, -0.2) is 0 Å². The number of hydrogen-bond acceptors (Lipinski definition) is 7. The predicted molar refractivity (Wildman–Crippen MR) is 71.7 cm³/mol. The standard InChI is InChI=1S/C12H18N2O4S/c1-17-11(15)9(13)5-7-3-4-8(19-7)6-10(14)12(16)18-2/h3-4,9-10H,5-6,13-14H2,1-2H3/t9-,10-/m0/s1. The van der Waals surface area contributed by atoms with Gasteiger partial charge in [0.1, 0.15) is 12.1 Å². The molecule has 0 saturated heterocycles. The average Bonchev–Trinajstić information content (AvgIpc) is 2.83. The van der Waals surface area contributed by atoms with Crippen LogP contribution in [0.15, 0.2) is 12.1 Å². The molecule has 106 valence electrons. The summed E-state index contributed by atoms with van der Waals surface area (Å²) in [6.07, 6.45) is 0.815. The molecule has 19 heavy (non-hydrogen) atoms. The molecule has 0 bridgehead atoms. The SMILES string of the molecule is COC(=O)[C@@H](N)Cc1ccc(C[C@H](N)C(=O)OC)s1. The maximum atomic E-state index is 11.2. The monoisotopic (exact) mass is 286 g/mol. The fourth-order valence-electron chi connectivity index (χ4n) is 1.54. The summed E-state index contributed by atoms with van der Waals surface area (Å²) < 4.78 is 9.12. The third-order valence-electron chi connectivity index (χ3n) is 2.57. The highest BCUT2D eigenvalue weighted by Gasteiger charge is 2.18. The van der Waals surface area contributed by atoms with Crippen LogP contribution in [0.5, 0.6) is 0 Å². The van der Waals surface area contributed by atoms with Gasteiger partial charge >= 0.3 is 11.9 Å². The molecule has 1 heterocycles. The van der Waals surface area contributed by atoms with Crippen LogP contribution in [0.4, 0.5) is 0 Å². The zero-order valence-electron chi connectivity index (χ0n) is 10.9. The van der Waals surface area contributed by atoms with Crippen LogP contribution in [0.2, 0.25) is 0 Å². The number of hydrogen-bond donors (Lipinski definition) is 2. The Balaban J connectivity index is 2.57. The maximum Gasteiger partial charge on any atom is 0.323 e. The van der Waals surface area contributed by atoms with Crippen molar-refractivity contribution >= 4 is 23.3 Å². The van der Waals surface area contributed by atoms with Crippen molar-refractivity contribution in [2.75, 3.05) is 14.2 Å². The van der Waals surface area contributed by atoms with Crippen LogP contribution in [0.1, 0.15) is 9.75 Å². The van der Waals surface area contributed by atoms with Gasteiger partial charge in [-0.2, -0.15) is 0 Å². The Morgan fingerprint density at radius 1 is 1.05 bits per heavy atom. The molecule has 0 spiro atoms. The Labute approximate surface area is 115 Å². The van der Waals surface area contributed by atoms with E-state index in [-0.39, 0.29) is 0 Å². The Hall–Kier alpha value is -1.44. The Kier molecular flexibility index (Phi) is 5.94. The quantitative estimate of drug-likeness (QED) is 0.704. The molecule has 6 nitrogen and oxygen atoms in total. The van der Waals surface area contributed by atoms with Crippen LogP contribution < -0.4 is 11.5 Å². The van der Waals surface area contributed by atoms with E-state index in [0.717, 1.165) is 9.75 Å². The van der Waals surface area contributed by atoms with Crippen LogP contribution in [0, 0.1) is 0 Å². The van der Waals surface area contributed by atoms with Gasteiger partial charge in [0, 0.05) is 22.6 Å². The molecule has 1 aromatic rings. The highest BCUT2D eigenvalue weighted by atomic mass is 32.1. The van der Waals surface area contributed by atoms with Gasteiger partial charge in [0.05, 0.1) is 14.2 Å². The summed E-state index contributed by atoms with van der Waals surface area (Å²) >= 11 is 1.47. The van der Waals surface area contributed by atoms with Crippen molar-refractivity contribution in [2.45, 2.75) is 24.9 Å². The van der Waals surface area contributed by atoms with Gasteiger partial charge in [-0.05, 0) is 12.1 Å². The van der Waals surface area contributed by atoms with E-state index in [2.05, 4.69) is 9.47 Å². The third-order valence-corrected chi connectivity index (χ3v) is 3.70. The predicted octanol–water partition coefficient (Wildman–Crippen LogP) is -0.166. The number of esters is 2. The zero-order valence-corrected chi connectivity index (χ0v) is 11.7. The minimum absolute atomic E-state index is 0.408. The van der Waals surface area contributed by atoms with Gasteiger partial charge in [-0.3, -0.25) is 9.59 Å². The molecule has 4 N–H and O–H groups in total. The first-order valence-corrected chi connectivity index (χ1v) is 6.54. The molecule has 0 fully saturated rings. The molecule has 0 aliphatic rings. The lowest BCUT2D eigenvalue weighted by molar-refractivity contribution is -0.142. The lowest BCUT2D eigenvalue weighted by Gasteiger charge is -2.08. The summed E-state index contributed by atoms with van der Waals surface area (Å²) in [5, 5.41) is 0. The van der Waals surface area contributed by atoms with E-state index in [9.17, 15) is 9.59 Å². The van der Waals surface area contributed by atoms with Crippen molar-refractivity contribution in [1.29, 1.82) is 0 Å². The van der Waals surface area contributed by atoms with E-state index in [0.29, 0.717) is 12.8 Å². The third kappa shape index (κ3) is 4.62. The highest BCUT2D eigenvalue weighted by molar-refractivity contribution is 7.12. The van der Waals surface area contributed by atoms with E-state index in [1.807, 2.05) is 12.1 Å². The number of ether oxygens (including phenoxy) is 2. The van der Waals surface area contributed by atoms with Crippen LogP contribution in [-0.2, 0) is 31.9 Å². The number of carbonyl (C=O) groups excluding carboxylic acids is 2. The molecule has 2 atom stereocenters. The second kappa shape index (κ2) is 7.22. The van der Waals surface area contributed by atoms with Crippen LogP contribution in [0.25, 0.3) is 0 Å². The molecular formula is C12H18N2O4S.